The lowest BCUT2D eigenvalue weighted by molar-refractivity contribution is 0.0835. The van der Waals surface area contributed by atoms with Crippen LogP contribution in [0.4, 0.5) is 5.69 Å². The van der Waals surface area contributed by atoms with E-state index in [1.165, 1.54) is 24.1 Å². The first kappa shape index (κ1) is 12.8. The van der Waals surface area contributed by atoms with Crippen LogP contribution in [0.3, 0.4) is 0 Å². The van der Waals surface area contributed by atoms with E-state index < -0.39 is 0 Å². The second-order valence-electron chi connectivity index (χ2n) is 7.21. The minimum absolute atomic E-state index is 0.00999. The molecule has 0 saturated heterocycles. The van der Waals surface area contributed by atoms with Crippen molar-refractivity contribution in [3.63, 3.8) is 0 Å². The third-order valence-corrected chi connectivity index (χ3v) is 4.59. The molecular weight excluding hydrogens is 234 g/mol. The van der Waals surface area contributed by atoms with E-state index >= 15 is 0 Å². The van der Waals surface area contributed by atoms with Gasteiger partial charge in [0.15, 0.2) is 0 Å². The maximum Gasteiger partial charge on any atom is 0.125 e. The van der Waals surface area contributed by atoms with Gasteiger partial charge >= 0.3 is 0 Å². The summed E-state index contributed by atoms with van der Waals surface area (Å²) in [5.74, 6) is 1.10. The third-order valence-electron chi connectivity index (χ3n) is 4.59. The molecule has 0 aromatic heterocycles. The van der Waals surface area contributed by atoms with E-state index in [0.29, 0.717) is 5.41 Å². The second-order valence-corrected chi connectivity index (χ2v) is 7.21. The Kier molecular flexibility index (Phi) is 2.99. The summed E-state index contributed by atoms with van der Waals surface area (Å²) in [7, 11) is 0. The summed E-state index contributed by atoms with van der Waals surface area (Å²) in [5.41, 5.74) is 3.07. The summed E-state index contributed by atoms with van der Waals surface area (Å²) in [6, 6.07) is 6.42. The summed E-state index contributed by atoms with van der Waals surface area (Å²) in [6.07, 6.45) is 5.92. The van der Waals surface area contributed by atoms with Gasteiger partial charge in [-0.3, -0.25) is 0 Å². The standard InChI is InChI=1S/C17H25NO/c1-16(2)9-10-17(3,12-16)19-15-8-4-7-14-13(15)6-5-11-18-14/h4,7-8,18H,5-6,9-12H2,1-3H3. The van der Waals surface area contributed by atoms with E-state index in [9.17, 15) is 0 Å². The first-order chi connectivity index (χ1) is 8.98. The average Bonchev–Trinajstić information content (AvgIpc) is 2.64. The van der Waals surface area contributed by atoms with Gasteiger partial charge in [0.05, 0.1) is 0 Å². The van der Waals surface area contributed by atoms with Crippen molar-refractivity contribution in [2.45, 2.75) is 58.5 Å². The van der Waals surface area contributed by atoms with Gasteiger partial charge in [0.25, 0.3) is 0 Å². The molecule has 0 spiro atoms. The van der Waals surface area contributed by atoms with Crippen LogP contribution in [0.25, 0.3) is 0 Å². The topological polar surface area (TPSA) is 21.3 Å². The molecule has 1 saturated carbocycles. The number of rotatable bonds is 2. The van der Waals surface area contributed by atoms with Crippen LogP contribution in [-0.4, -0.2) is 12.1 Å². The highest BCUT2D eigenvalue weighted by Gasteiger charge is 2.41. The Balaban J connectivity index is 1.84. The molecule has 19 heavy (non-hydrogen) atoms. The summed E-state index contributed by atoms with van der Waals surface area (Å²) in [6.45, 7) is 8.06. The molecule has 1 N–H and O–H groups in total. The fraction of sp³-hybridized carbons (Fsp3) is 0.647. The van der Waals surface area contributed by atoms with E-state index in [0.717, 1.165) is 31.6 Å². The van der Waals surface area contributed by atoms with Crippen molar-refractivity contribution in [3.8, 4) is 5.75 Å². The van der Waals surface area contributed by atoms with Gasteiger partial charge < -0.3 is 10.1 Å². The zero-order chi connectivity index (χ0) is 13.5. The molecule has 1 atom stereocenters. The molecule has 1 aromatic carbocycles. The number of benzene rings is 1. The highest BCUT2D eigenvalue weighted by atomic mass is 16.5. The summed E-state index contributed by atoms with van der Waals surface area (Å²) >= 11 is 0. The van der Waals surface area contributed by atoms with Crippen molar-refractivity contribution in [2.75, 3.05) is 11.9 Å². The molecule has 2 nitrogen and oxygen atoms in total. The van der Waals surface area contributed by atoms with Crippen LogP contribution in [-0.2, 0) is 6.42 Å². The molecule has 3 rings (SSSR count). The molecule has 1 heterocycles. The summed E-state index contributed by atoms with van der Waals surface area (Å²) < 4.78 is 6.46. The SMILES string of the molecule is CC1(C)CCC(C)(Oc2cccc3c2CCCN3)C1. The Morgan fingerprint density at radius 2 is 2.00 bits per heavy atom. The van der Waals surface area contributed by atoms with E-state index in [4.69, 9.17) is 4.74 Å². The minimum Gasteiger partial charge on any atom is -0.487 e. The van der Waals surface area contributed by atoms with Crippen molar-refractivity contribution < 1.29 is 4.74 Å². The predicted octanol–water partition coefficient (Wildman–Crippen LogP) is 4.39. The molecule has 0 radical (unpaired) electrons. The maximum atomic E-state index is 6.46. The highest BCUT2D eigenvalue weighted by Crippen LogP contribution is 2.46. The molecule has 1 aliphatic carbocycles. The van der Waals surface area contributed by atoms with Gasteiger partial charge in [-0.25, -0.2) is 0 Å². The molecule has 1 aliphatic heterocycles. The second kappa shape index (κ2) is 4.43. The predicted molar refractivity (Wildman–Crippen MR) is 79.9 cm³/mol. The Hall–Kier alpha value is -1.18. The molecule has 0 bridgehead atoms. The van der Waals surface area contributed by atoms with Gasteiger partial charge in [0.1, 0.15) is 11.4 Å². The van der Waals surface area contributed by atoms with Gasteiger partial charge in [0, 0.05) is 17.8 Å². The van der Waals surface area contributed by atoms with Crippen LogP contribution in [0.5, 0.6) is 5.75 Å². The zero-order valence-electron chi connectivity index (χ0n) is 12.4. The molecule has 2 heteroatoms. The van der Waals surface area contributed by atoms with Gasteiger partial charge in [0.2, 0.25) is 0 Å². The number of fused-ring (bicyclic) bond motifs is 1. The lowest BCUT2D eigenvalue weighted by atomic mass is 9.89. The van der Waals surface area contributed by atoms with Crippen LogP contribution >= 0.6 is 0 Å². The fourth-order valence-corrected chi connectivity index (χ4v) is 3.72. The Morgan fingerprint density at radius 1 is 1.16 bits per heavy atom. The monoisotopic (exact) mass is 259 g/mol. The number of ether oxygens (including phenoxy) is 1. The van der Waals surface area contributed by atoms with E-state index in [1.54, 1.807) is 0 Å². The highest BCUT2D eigenvalue weighted by molar-refractivity contribution is 5.59. The Bertz CT molecular complexity index is 480. The summed E-state index contributed by atoms with van der Waals surface area (Å²) in [5, 5.41) is 3.48. The third kappa shape index (κ3) is 2.58. The van der Waals surface area contributed by atoms with E-state index in [2.05, 4.69) is 44.3 Å². The molecular formula is C17H25NO. The number of hydrogen-bond donors (Lipinski definition) is 1. The van der Waals surface area contributed by atoms with Crippen molar-refractivity contribution >= 4 is 5.69 Å². The van der Waals surface area contributed by atoms with Crippen LogP contribution in [0.2, 0.25) is 0 Å². The molecule has 2 aliphatic rings. The zero-order valence-corrected chi connectivity index (χ0v) is 12.4. The largest absolute Gasteiger partial charge is 0.487 e. The number of anilines is 1. The molecule has 1 unspecified atom stereocenters. The fourth-order valence-electron chi connectivity index (χ4n) is 3.72. The maximum absolute atomic E-state index is 6.46. The van der Waals surface area contributed by atoms with E-state index in [-0.39, 0.29) is 5.60 Å². The van der Waals surface area contributed by atoms with E-state index in [1.807, 2.05) is 0 Å². The van der Waals surface area contributed by atoms with Crippen molar-refractivity contribution in [3.05, 3.63) is 23.8 Å². The van der Waals surface area contributed by atoms with Crippen LogP contribution in [0.15, 0.2) is 18.2 Å². The molecule has 0 amide bonds. The van der Waals surface area contributed by atoms with Gasteiger partial charge in [-0.1, -0.05) is 19.9 Å². The van der Waals surface area contributed by atoms with Crippen LogP contribution < -0.4 is 10.1 Å². The quantitative estimate of drug-likeness (QED) is 0.850. The average molecular weight is 259 g/mol. The molecule has 1 aromatic rings. The Morgan fingerprint density at radius 3 is 2.74 bits per heavy atom. The Labute approximate surface area is 116 Å². The summed E-state index contributed by atoms with van der Waals surface area (Å²) in [4.78, 5) is 0. The number of hydrogen-bond acceptors (Lipinski definition) is 2. The van der Waals surface area contributed by atoms with Crippen LogP contribution in [0, 0.1) is 5.41 Å². The smallest absolute Gasteiger partial charge is 0.125 e. The lowest BCUT2D eigenvalue weighted by Crippen LogP contribution is -2.30. The van der Waals surface area contributed by atoms with Crippen molar-refractivity contribution in [1.29, 1.82) is 0 Å². The van der Waals surface area contributed by atoms with Gasteiger partial charge in [-0.05, 0) is 56.6 Å². The minimum atomic E-state index is 0.00999. The molecule has 1 fully saturated rings. The van der Waals surface area contributed by atoms with Gasteiger partial charge in [-0.2, -0.15) is 0 Å². The first-order valence-electron chi connectivity index (χ1n) is 7.52. The van der Waals surface area contributed by atoms with Crippen LogP contribution in [0.1, 0.15) is 52.0 Å². The van der Waals surface area contributed by atoms with Crippen molar-refractivity contribution in [1.82, 2.24) is 0 Å². The van der Waals surface area contributed by atoms with Crippen molar-refractivity contribution in [2.24, 2.45) is 5.41 Å². The van der Waals surface area contributed by atoms with Gasteiger partial charge in [-0.15, -0.1) is 0 Å². The number of nitrogens with one attached hydrogen (secondary N) is 1. The molecule has 104 valence electrons. The normalized spacial score (nSPS) is 28.6. The lowest BCUT2D eigenvalue weighted by Gasteiger charge is -2.30. The first-order valence-corrected chi connectivity index (χ1v) is 7.52.